The molecule has 7 nitrogen and oxygen atoms in total. The van der Waals surface area contributed by atoms with Crippen LogP contribution in [0.25, 0.3) is 11.0 Å². The summed E-state index contributed by atoms with van der Waals surface area (Å²) in [5, 5.41) is 11.9. The van der Waals surface area contributed by atoms with Crippen molar-refractivity contribution in [2.45, 2.75) is 6.42 Å². The average Bonchev–Trinajstić information content (AvgIpc) is 2.54. The Bertz CT molecular complexity index is 671. The van der Waals surface area contributed by atoms with Gasteiger partial charge in [-0.2, -0.15) is 0 Å². The van der Waals surface area contributed by atoms with Crippen molar-refractivity contribution in [3.8, 4) is 0 Å². The molecule has 2 N–H and O–H groups in total. The van der Waals surface area contributed by atoms with Crippen molar-refractivity contribution in [3.63, 3.8) is 0 Å². The molecule has 1 aromatic heterocycles. The third kappa shape index (κ3) is 3.25. The molecule has 1 fully saturated rings. The van der Waals surface area contributed by atoms with Crippen molar-refractivity contribution < 1.29 is 14.6 Å². The number of para-hydroxylation sites is 2. The number of anilines is 2. The van der Waals surface area contributed by atoms with Crippen LogP contribution in [0.3, 0.4) is 0 Å². The lowest BCUT2D eigenvalue weighted by Crippen LogP contribution is -2.37. The summed E-state index contributed by atoms with van der Waals surface area (Å²) < 4.78 is 5.37. The second kappa shape index (κ2) is 6.57. The fourth-order valence-corrected chi connectivity index (χ4v) is 2.39. The van der Waals surface area contributed by atoms with Gasteiger partial charge in [-0.3, -0.25) is 4.79 Å². The monoisotopic (exact) mass is 302 g/mol. The van der Waals surface area contributed by atoms with Gasteiger partial charge in [0.05, 0.1) is 30.7 Å². The predicted molar refractivity (Wildman–Crippen MR) is 83.3 cm³/mol. The zero-order valence-corrected chi connectivity index (χ0v) is 12.2. The van der Waals surface area contributed by atoms with E-state index >= 15 is 0 Å². The van der Waals surface area contributed by atoms with Gasteiger partial charge in [0, 0.05) is 19.6 Å². The molecule has 0 unspecified atom stereocenters. The Kier molecular flexibility index (Phi) is 4.34. The maximum absolute atomic E-state index is 10.7. The SMILES string of the molecule is O=C(O)CCNc1nc2ccccc2nc1N1CCOCC1. The molecule has 0 atom stereocenters. The molecule has 0 bridgehead atoms. The molecule has 0 spiro atoms. The first kappa shape index (κ1) is 14.5. The molecule has 116 valence electrons. The minimum atomic E-state index is -0.839. The molecule has 0 amide bonds. The van der Waals surface area contributed by atoms with Gasteiger partial charge in [0.15, 0.2) is 11.6 Å². The largest absolute Gasteiger partial charge is 0.481 e. The number of aliphatic carboxylic acids is 1. The molecule has 1 aromatic carbocycles. The van der Waals surface area contributed by atoms with E-state index in [2.05, 4.69) is 15.2 Å². The maximum atomic E-state index is 10.7. The highest BCUT2D eigenvalue weighted by molar-refractivity contribution is 5.80. The van der Waals surface area contributed by atoms with Crippen LogP contribution in [0.5, 0.6) is 0 Å². The second-order valence-electron chi connectivity index (χ2n) is 5.05. The number of hydrogen-bond acceptors (Lipinski definition) is 6. The Balaban J connectivity index is 1.92. The van der Waals surface area contributed by atoms with E-state index in [9.17, 15) is 4.79 Å². The summed E-state index contributed by atoms with van der Waals surface area (Å²) in [6.45, 7) is 3.13. The number of rotatable bonds is 5. The molecule has 1 saturated heterocycles. The fraction of sp³-hybridized carbons (Fsp3) is 0.400. The lowest BCUT2D eigenvalue weighted by Gasteiger charge is -2.29. The first-order valence-electron chi connectivity index (χ1n) is 7.29. The summed E-state index contributed by atoms with van der Waals surface area (Å²) in [6.07, 6.45) is 0.0387. The van der Waals surface area contributed by atoms with Crippen molar-refractivity contribution in [1.82, 2.24) is 9.97 Å². The number of ether oxygens (including phenoxy) is 1. The van der Waals surface area contributed by atoms with Crippen LogP contribution in [0.1, 0.15) is 6.42 Å². The summed E-state index contributed by atoms with van der Waals surface area (Å²) in [5.74, 6) is 0.545. The number of aromatic nitrogens is 2. The van der Waals surface area contributed by atoms with Crippen molar-refractivity contribution in [1.29, 1.82) is 0 Å². The number of hydrogen-bond donors (Lipinski definition) is 2. The van der Waals surface area contributed by atoms with Crippen molar-refractivity contribution in [2.24, 2.45) is 0 Å². The Labute approximate surface area is 127 Å². The Morgan fingerprint density at radius 3 is 2.59 bits per heavy atom. The molecule has 0 radical (unpaired) electrons. The number of benzene rings is 1. The molecular weight excluding hydrogens is 284 g/mol. The van der Waals surface area contributed by atoms with Crippen LogP contribution in [0.15, 0.2) is 24.3 Å². The van der Waals surface area contributed by atoms with E-state index in [1.54, 1.807) is 0 Å². The van der Waals surface area contributed by atoms with Crippen molar-refractivity contribution in [2.75, 3.05) is 43.1 Å². The van der Waals surface area contributed by atoms with Gasteiger partial charge in [-0.1, -0.05) is 12.1 Å². The van der Waals surface area contributed by atoms with E-state index in [4.69, 9.17) is 14.8 Å². The van der Waals surface area contributed by atoms with Crippen LogP contribution in [-0.4, -0.2) is 53.9 Å². The maximum Gasteiger partial charge on any atom is 0.305 e. The lowest BCUT2D eigenvalue weighted by molar-refractivity contribution is -0.136. The number of nitrogens with one attached hydrogen (secondary N) is 1. The lowest BCUT2D eigenvalue weighted by atomic mass is 10.3. The highest BCUT2D eigenvalue weighted by atomic mass is 16.5. The summed E-state index contributed by atoms with van der Waals surface area (Å²) >= 11 is 0. The summed E-state index contributed by atoms with van der Waals surface area (Å²) in [7, 11) is 0. The average molecular weight is 302 g/mol. The predicted octanol–water partition coefficient (Wildman–Crippen LogP) is 1.35. The fourth-order valence-electron chi connectivity index (χ4n) is 2.39. The van der Waals surface area contributed by atoms with E-state index in [-0.39, 0.29) is 6.42 Å². The zero-order chi connectivity index (χ0) is 15.4. The molecular formula is C15H18N4O3. The van der Waals surface area contributed by atoms with Gasteiger partial charge >= 0.3 is 5.97 Å². The molecule has 0 saturated carbocycles. The molecule has 1 aliphatic heterocycles. The van der Waals surface area contributed by atoms with Crippen molar-refractivity contribution >= 4 is 28.6 Å². The smallest absolute Gasteiger partial charge is 0.305 e. The van der Waals surface area contributed by atoms with E-state index in [1.807, 2.05) is 24.3 Å². The Hall–Kier alpha value is -2.41. The molecule has 3 rings (SSSR count). The molecule has 2 aromatic rings. The normalized spacial score (nSPS) is 15.0. The minimum absolute atomic E-state index is 0.0387. The minimum Gasteiger partial charge on any atom is -0.481 e. The van der Waals surface area contributed by atoms with Gasteiger partial charge in [0.25, 0.3) is 0 Å². The number of nitrogens with zero attached hydrogens (tertiary/aromatic N) is 3. The standard InChI is InChI=1S/C15H18N4O3/c20-13(21)5-6-16-14-15(19-7-9-22-10-8-19)18-12-4-2-1-3-11(12)17-14/h1-4H,5-10H2,(H,16,17)(H,20,21). The van der Waals surface area contributed by atoms with E-state index in [0.29, 0.717) is 25.6 Å². The molecule has 1 aliphatic rings. The highest BCUT2D eigenvalue weighted by Gasteiger charge is 2.18. The second-order valence-corrected chi connectivity index (χ2v) is 5.05. The van der Waals surface area contributed by atoms with Crippen LogP contribution in [0, 0.1) is 0 Å². The van der Waals surface area contributed by atoms with Crippen molar-refractivity contribution in [3.05, 3.63) is 24.3 Å². The quantitative estimate of drug-likeness (QED) is 0.862. The van der Waals surface area contributed by atoms with Crippen LogP contribution in [0.4, 0.5) is 11.6 Å². The van der Waals surface area contributed by atoms with Gasteiger partial charge in [-0.05, 0) is 12.1 Å². The van der Waals surface area contributed by atoms with Crippen LogP contribution < -0.4 is 10.2 Å². The zero-order valence-electron chi connectivity index (χ0n) is 12.2. The topological polar surface area (TPSA) is 87.6 Å². The molecule has 22 heavy (non-hydrogen) atoms. The summed E-state index contributed by atoms with van der Waals surface area (Å²) in [4.78, 5) is 22.1. The Morgan fingerprint density at radius 2 is 1.91 bits per heavy atom. The Morgan fingerprint density at radius 1 is 1.23 bits per heavy atom. The molecule has 2 heterocycles. The third-order valence-corrected chi connectivity index (χ3v) is 3.49. The van der Waals surface area contributed by atoms with Gasteiger partial charge in [-0.25, -0.2) is 9.97 Å². The summed E-state index contributed by atoms with van der Waals surface area (Å²) in [6, 6.07) is 7.66. The summed E-state index contributed by atoms with van der Waals surface area (Å²) in [5.41, 5.74) is 1.62. The van der Waals surface area contributed by atoms with Gasteiger partial charge in [0.1, 0.15) is 0 Å². The first-order chi connectivity index (χ1) is 10.7. The number of carboxylic acids is 1. The van der Waals surface area contributed by atoms with E-state index in [1.165, 1.54) is 0 Å². The van der Waals surface area contributed by atoms with Crippen LogP contribution >= 0.6 is 0 Å². The van der Waals surface area contributed by atoms with Crippen LogP contribution in [0.2, 0.25) is 0 Å². The van der Waals surface area contributed by atoms with Gasteiger partial charge in [0.2, 0.25) is 0 Å². The first-order valence-corrected chi connectivity index (χ1v) is 7.29. The number of morpholine rings is 1. The molecule has 0 aliphatic carbocycles. The van der Waals surface area contributed by atoms with E-state index < -0.39 is 5.97 Å². The van der Waals surface area contributed by atoms with Gasteiger partial charge < -0.3 is 20.1 Å². The van der Waals surface area contributed by atoms with E-state index in [0.717, 1.165) is 29.9 Å². The highest BCUT2D eigenvalue weighted by Crippen LogP contribution is 2.25. The number of carboxylic acid groups (broad SMARTS) is 1. The molecule has 7 heteroatoms. The number of carbonyl (C=O) groups is 1. The van der Waals surface area contributed by atoms with Gasteiger partial charge in [-0.15, -0.1) is 0 Å². The number of fused-ring (bicyclic) bond motifs is 1. The van der Waals surface area contributed by atoms with Crippen LogP contribution in [-0.2, 0) is 9.53 Å². The third-order valence-electron chi connectivity index (χ3n) is 3.49.